The van der Waals surface area contributed by atoms with Crippen LogP contribution >= 0.6 is 34.4 Å². The van der Waals surface area contributed by atoms with Crippen molar-refractivity contribution >= 4 is 54.9 Å². The molecular formula is C19H11FN4OS3. The van der Waals surface area contributed by atoms with Crippen LogP contribution in [0.15, 0.2) is 57.2 Å². The van der Waals surface area contributed by atoms with Gasteiger partial charge in [-0.05, 0) is 29.1 Å². The molecule has 0 amide bonds. The van der Waals surface area contributed by atoms with Crippen LogP contribution in [-0.2, 0) is 5.75 Å². The second kappa shape index (κ2) is 7.08. The van der Waals surface area contributed by atoms with Crippen molar-refractivity contribution in [3.05, 3.63) is 69.4 Å². The lowest BCUT2D eigenvalue weighted by Crippen LogP contribution is -2.09. The topological polar surface area (TPSA) is 71.5 Å². The molecule has 5 nitrogen and oxygen atoms in total. The molecule has 0 atom stereocenters. The molecule has 0 radical (unpaired) electrons. The fourth-order valence-corrected chi connectivity index (χ4v) is 5.51. The van der Waals surface area contributed by atoms with Gasteiger partial charge in [0.25, 0.3) is 5.56 Å². The molecular weight excluding hydrogens is 415 g/mol. The number of thioether (sulfide) groups is 1. The third-order valence-corrected chi connectivity index (χ3v) is 6.99. The molecule has 0 aliphatic heterocycles. The van der Waals surface area contributed by atoms with E-state index in [9.17, 15) is 9.18 Å². The Morgan fingerprint density at radius 2 is 1.96 bits per heavy atom. The number of hydrogen-bond donors (Lipinski definition) is 1. The maximum Gasteiger partial charge on any atom is 0.268 e. The lowest BCUT2D eigenvalue weighted by Gasteiger charge is -2.05. The van der Waals surface area contributed by atoms with E-state index in [0.717, 1.165) is 26.4 Å². The molecule has 138 valence electrons. The number of rotatable bonds is 4. The molecule has 0 aliphatic carbocycles. The summed E-state index contributed by atoms with van der Waals surface area (Å²) in [5, 5.41) is 5.61. The molecule has 5 rings (SSSR count). The fraction of sp³-hybridized carbons (Fsp3) is 0.0526. The molecule has 4 heterocycles. The number of aromatic nitrogens is 4. The summed E-state index contributed by atoms with van der Waals surface area (Å²) in [6.45, 7) is 0. The first-order valence-corrected chi connectivity index (χ1v) is 11.0. The average molecular weight is 427 g/mol. The molecule has 0 spiro atoms. The Morgan fingerprint density at radius 1 is 1.11 bits per heavy atom. The summed E-state index contributed by atoms with van der Waals surface area (Å²) in [5.74, 6) is 0.811. The van der Waals surface area contributed by atoms with Crippen LogP contribution in [0.5, 0.6) is 0 Å². The summed E-state index contributed by atoms with van der Waals surface area (Å²) in [5.41, 5.74) is 2.47. The van der Waals surface area contributed by atoms with Gasteiger partial charge < -0.3 is 4.98 Å². The molecule has 0 unspecified atom stereocenters. The molecule has 28 heavy (non-hydrogen) atoms. The van der Waals surface area contributed by atoms with Gasteiger partial charge in [-0.25, -0.2) is 19.3 Å². The van der Waals surface area contributed by atoms with Crippen molar-refractivity contribution in [2.45, 2.75) is 10.8 Å². The van der Waals surface area contributed by atoms with E-state index in [1.807, 2.05) is 16.8 Å². The number of benzene rings is 1. The minimum Gasteiger partial charge on any atom is -0.309 e. The second-order valence-corrected chi connectivity index (χ2v) is 8.69. The van der Waals surface area contributed by atoms with Gasteiger partial charge in [0.05, 0.1) is 16.7 Å². The summed E-state index contributed by atoms with van der Waals surface area (Å²) in [4.78, 5) is 29.2. The number of hydrogen-bond acceptors (Lipinski definition) is 7. The maximum absolute atomic E-state index is 13.3. The van der Waals surface area contributed by atoms with Crippen molar-refractivity contribution in [1.29, 1.82) is 0 Å². The van der Waals surface area contributed by atoms with Crippen LogP contribution in [0, 0.1) is 5.82 Å². The Balaban J connectivity index is 1.52. The standard InChI is InChI=1S/C19H11FN4OS3/c20-11-3-1-10(2-4-11)12-7-27-18-15(12)19(22-9-21-18)28-8-14-23-13-5-6-26-16(13)17(25)24-14/h1-7,9H,8H2,(H,23,24,25). The quantitative estimate of drug-likeness (QED) is 0.320. The molecule has 9 heteroatoms. The van der Waals surface area contributed by atoms with Crippen LogP contribution in [-0.4, -0.2) is 19.9 Å². The van der Waals surface area contributed by atoms with Crippen LogP contribution in [0.1, 0.15) is 5.82 Å². The Kier molecular flexibility index (Phi) is 4.42. The third kappa shape index (κ3) is 3.11. The van der Waals surface area contributed by atoms with Crippen LogP contribution < -0.4 is 5.56 Å². The van der Waals surface area contributed by atoms with Gasteiger partial charge in [-0.3, -0.25) is 4.79 Å². The monoisotopic (exact) mass is 426 g/mol. The van der Waals surface area contributed by atoms with Crippen molar-refractivity contribution in [3.8, 4) is 11.1 Å². The highest BCUT2D eigenvalue weighted by Gasteiger charge is 2.14. The van der Waals surface area contributed by atoms with Crippen molar-refractivity contribution < 1.29 is 4.39 Å². The molecule has 0 bridgehead atoms. The molecule has 4 aromatic heterocycles. The number of nitrogens with one attached hydrogen (secondary N) is 1. The number of H-pyrrole nitrogens is 1. The van der Waals surface area contributed by atoms with Gasteiger partial charge in [0, 0.05) is 10.9 Å². The number of fused-ring (bicyclic) bond motifs is 2. The Labute approximate surface area is 170 Å². The normalized spacial score (nSPS) is 11.5. The van der Waals surface area contributed by atoms with Crippen LogP contribution in [0.2, 0.25) is 0 Å². The van der Waals surface area contributed by atoms with E-state index in [1.54, 1.807) is 12.1 Å². The fourth-order valence-electron chi connectivity index (χ4n) is 2.93. The van der Waals surface area contributed by atoms with E-state index in [2.05, 4.69) is 19.9 Å². The summed E-state index contributed by atoms with van der Waals surface area (Å²) < 4.78 is 13.9. The van der Waals surface area contributed by atoms with Gasteiger partial charge in [-0.1, -0.05) is 23.9 Å². The van der Waals surface area contributed by atoms with Crippen molar-refractivity contribution in [2.24, 2.45) is 0 Å². The van der Waals surface area contributed by atoms with Crippen LogP contribution in [0.3, 0.4) is 0 Å². The first-order chi connectivity index (χ1) is 13.7. The molecule has 5 aromatic rings. The zero-order valence-electron chi connectivity index (χ0n) is 14.2. The van der Waals surface area contributed by atoms with E-state index >= 15 is 0 Å². The van der Waals surface area contributed by atoms with Crippen LogP contribution in [0.25, 0.3) is 31.6 Å². The molecule has 1 N–H and O–H groups in total. The number of halogens is 1. The molecule has 0 aliphatic rings. The lowest BCUT2D eigenvalue weighted by atomic mass is 10.1. The predicted octanol–water partition coefficient (Wildman–Crippen LogP) is 5.09. The second-order valence-electron chi connectivity index (χ2n) is 5.95. The first-order valence-electron chi connectivity index (χ1n) is 8.26. The number of nitrogens with zero attached hydrogens (tertiary/aromatic N) is 3. The molecule has 1 aromatic carbocycles. The average Bonchev–Trinajstić information content (AvgIpc) is 3.34. The third-order valence-electron chi connectivity index (χ3n) is 4.20. The Hall–Kier alpha value is -2.62. The molecule has 0 saturated carbocycles. The van der Waals surface area contributed by atoms with E-state index in [-0.39, 0.29) is 11.4 Å². The van der Waals surface area contributed by atoms with Crippen LogP contribution in [0.4, 0.5) is 4.39 Å². The highest BCUT2D eigenvalue weighted by atomic mass is 32.2. The Morgan fingerprint density at radius 3 is 2.82 bits per heavy atom. The van der Waals surface area contributed by atoms with E-state index in [0.29, 0.717) is 21.8 Å². The predicted molar refractivity (Wildman–Crippen MR) is 113 cm³/mol. The minimum absolute atomic E-state index is 0.119. The van der Waals surface area contributed by atoms with E-state index < -0.39 is 0 Å². The summed E-state index contributed by atoms with van der Waals surface area (Å²) in [6.07, 6.45) is 1.54. The van der Waals surface area contributed by atoms with Gasteiger partial charge in [0.15, 0.2) is 0 Å². The Bertz CT molecular complexity index is 1360. The number of aromatic amines is 1. The van der Waals surface area contributed by atoms with Gasteiger partial charge in [0.2, 0.25) is 0 Å². The largest absolute Gasteiger partial charge is 0.309 e. The molecule has 0 saturated heterocycles. The minimum atomic E-state index is -0.270. The highest BCUT2D eigenvalue weighted by molar-refractivity contribution is 7.98. The summed E-state index contributed by atoms with van der Waals surface area (Å²) in [6, 6.07) is 8.24. The maximum atomic E-state index is 13.3. The zero-order valence-corrected chi connectivity index (χ0v) is 16.6. The SMILES string of the molecule is O=c1[nH]c(CSc2ncnc3scc(-c4ccc(F)cc4)c23)nc2ccsc12. The zero-order chi connectivity index (χ0) is 19.1. The summed E-state index contributed by atoms with van der Waals surface area (Å²) in [7, 11) is 0. The van der Waals surface area contributed by atoms with Crippen molar-refractivity contribution in [1.82, 2.24) is 19.9 Å². The molecule has 0 fully saturated rings. The highest BCUT2D eigenvalue weighted by Crippen LogP contribution is 2.38. The summed E-state index contributed by atoms with van der Waals surface area (Å²) >= 11 is 4.40. The van der Waals surface area contributed by atoms with Gasteiger partial charge in [-0.2, -0.15) is 0 Å². The van der Waals surface area contributed by atoms with Gasteiger partial charge in [-0.15, -0.1) is 22.7 Å². The smallest absolute Gasteiger partial charge is 0.268 e. The van der Waals surface area contributed by atoms with Crippen molar-refractivity contribution in [3.63, 3.8) is 0 Å². The van der Waals surface area contributed by atoms with E-state index in [1.165, 1.54) is 52.9 Å². The van der Waals surface area contributed by atoms with Gasteiger partial charge >= 0.3 is 0 Å². The van der Waals surface area contributed by atoms with Gasteiger partial charge in [0.1, 0.15) is 32.5 Å². The lowest BCUT2D eigenvalue weighted by molar-refractivity contribution is 0.628. The van der Waals surface area contributed by atoms with Crippen molar-refractivity contribution in [2.75, 3.05) is 0 Å². The van der Waals surface area contributed by atoms with E-state index in [4.69, 9.17) is 0 Å². The number of thiophene rings is 2. The first kappa shape index (κ1) is 17.5.